The molecule has 0 nitrogen and oxygen atoms in total. The summed E-state index contributed by atoms with van der Waals surface area (Å²) in [6.45, 7) is 0. The van der Waals surface area contributed by atoms with E-state index in [2.05, 4.69) is 255 Å². The Balaban J connectivity index is 0.906. The van der Waals surface area contributed by atoms with Gasteiger partial charge in [0.2, 0.25) is 0 Å². The smallest absolute Gasteiger partial charge is 0.00264 e. The van der Waals surface area contributed by atoms with Gasteiger partial charge < -0.3 is 0 Å². The standard InChI is InChI=1S/C66H42/c1-3-15-51-41-53(39-29-43(51)13-1)45-25-31-47(32-26-45)63-55-17-5-9-21-59(55)65(60-22-10-6-18-56(60)63)49-35-37-50(38-36-49)66-61-23-11-7-19-57(61)64(58-20-8-12-24-62(58)66)48-33-27-46(28-34-48)54-40-30-44-14-2-4-16-52(44)42-54/h1-42H. The van der Waals surface area contributed by atoms with Gasteiger partial charge in [0.25, 0.3) is 0 Å². The predicted octanol–water partition coefficient (Wildman–Crippen LogP) is 18.6. The summed E-state index contributed by atoms with van der Waals surface area (Å²) in [6, 6.07) is 94.1. The van der Waals surface area contributed by atoms with Gasteiger partial charge in [-0.05, 0) is 144 Å². The minimum atomic E-state index is 1.21. The molecule has 0 aliphatic carbocycles. The third-order valence-corrected chi connectivity index (χ3v) is 13.8. The Labute approximate surface area is 384 Å². The van der Waals surface area contributed by atoms with Crippen LogP contribution < -0.4 is 0 Å². The maximum absolute atomic E-state index is 2.34. The Morgan fingerprint density at radius 1 is 0.136 bits per heavy atom. The fourth-order valence-electron chi connectivity index (χ4n) is 10.7. The van der Waals surface area contributed by atoms with Crippen LogP contribution in [-0.2, 0) is 0 Å². The van der Waals surface area contributed by atoms with E-state index in [1.165, 1.54) is 131 Å². The molecule has 0 fully saturated rings. The van der Waals surface area contributed by atoms with Crippen molar-refractivity contribution >= 4 is 64.6 Å². The van der Waals surface area contributed by atoms with Crippen molar-refractivity contribution < 1.29 is 0 Å². The van der Waals surface area contributed by atoms with Gasteiger partial charge in [-0.15, -0.1) is 0 Å². The molecule has 0 amide bonds. The molecule has 13 aromatic rings. The zero-order valence-corrected chi connectivity index (χ0v) is 36.2. The fraction of sp³-hybridized carbons (Fsp3) is 0. The molecule has 0 saturated carbocycles. The third kappa shape index (κ3) is 6.30. The molecule has 0 aromatic heterocycles. The van der Waals surface area contributed by atoms with Crippen LogP contribution in [0.1, 0.15) is 0 Å². The molecule has 66 heavy (non-hydrogen) atoms. The number of hydrogen-bond acceptors (Lipinski definition) is 0. The average Bonchev–Trinajstić information content (AvgIpc) is 3.39. The van der Waals surface area contributed by atoms with Crippen LogP contribution in [0.2, 0.25) is 0 Å². The average molecular weight is 835 g/mol. The molecule has 0 spiro atoms. The first-order valence-electron chi connectivity index (χ1n) is 22.9. The maximum Gasteiger partial charge on any atom is -0.00264 e. The van der Waals surface area contributed by atoms with E-state index in [0.717, 1.165) is 0 Å². The van der Waals surface area contributed by atoms with Gasteiger partial charge in [0.05, 0.1) is 0 Å². The molecule has 0 N–H and O–H groups in total. The monoisotopic (exact) mass is 834 g/mol. The molecule has 0 aliphatic rings. The molecule has 0 heteroatoms. The van der Waals surface area contributed by atoms with Crippen LogP contribution in [0.4, 0.5) is 0 Å². The second kappa shape index (κ2) is 15.6. The van der Waals surface area contributed by atoms with Crippen LogP contribution in [0, 0.1) is 0 Å². The number of benzene rings is 13. The summed E-state index contributed by atoms with van der Waals surface area (Å²) in [5.74, 6) is 0. The quantitative estimate of drug-likeness (QED) is 0.146. The van der Waals surface area contributed by atoms with Crippen LogP contribution in [0.5, 0.6) is 0 Å². The van der Waals surface area contributed by atoms with Crippen LogP contribution in [0.15, 0.2) is 255 Å². The van der Waals surface area contributed by atoms with Crippen molar-refractivity contribution in [1.82, 2.24) is 0 Å². The Morgan fingerprint density at radius 3 is 0.591 bits per heavy atom. The number of fused-ring (bicyclic) bond motifs is 6. The fourth-order valence-corrected chi connectivity index (χ4v) is 10.7. The molecule has 0 bridgehead atoms. The lowest BCUT2D eigenvalue weighted by Crippen LogP contribution is -1.92. The van der Waals surface area contributed by atoms with Crippen molar-refractivity contribution in [3.63, 3.8) is 0 Å². The van der Waals surface area contributed by atoms with Crippen LogP contribution >= 0.6 is 0 Å². The van der Waals surface area contributed by atoms with E-state index in [1.54, 1.807) is 0 Å². The van der Waals surface area contributed by atoms with E-state index in [1.807, 2.05) is 0 Å². The topological polar surface area (TPSA) is 0 Å². The Kier molecular flexibility index (Phi) is 8.96. The Hall–Kier alpha value is -8.58. The Morgan fingerprint density at radius 2 is 0.333 bits per heavy atom. The van der Waals surface area contributed by atoms with Crippen molar-refractivity contribution in [3.05, 3.63) is 255 Å². The molecule has 13 aromatic carbocycles. The third-order valence-electron chi connectivity index (χ3n) is 13.8. The zero-order chi connectivity index (χ0) is 43.6. The van der Waals surface area contributed by atoms with Crippen molar-refractivity contribution in [2.45, 2.75) is 0 Å². The summed E-state index contributed by atoms with van der Waals surface area (Å²) in [5, 5.41) is 15.1. The predicted molar refractivity (Wildman–Crippen MR) is 284 cm³/mol. The number of rotatable bonds is 6. The van der Waals surface area contributed by atoms with Gasteiger partial charge in [-0.3, -0.25) is 0 Å². The molecule has 306 valence electrons. The van der Waals surface area contributed by atoms with Crippen molar-refractivity contribution in [2.75, 3.05) is 0 Å². The summed E-state index contributed by atoms with van der Waals surface area (Å²) >= 11 is 0. The SMILES string of the molecule is c1ccc2cc(-c3ccc(-c4c5ccccc5c(-c5ccc(-c6c7ccccc7c(-c7ccc(-c8ccc9ccccc9c8)cc7)c7ccccc67)cc5)c5ccccc45)cc3)ccc2c1. The van der Waals surface area contributed by atoms with Crippen LogP contribution in [0.3, 0.4) is 0 Å². The summed E-state index contributed by atoms with van der Waals surface area (Å²) < 4.78 is 0. The maximum atomic E-state index is 2.34. The van der Waals surface area contributed by atoms with Crippen molar-refractivity contribution in [1.29, 1.82) is 0 Å². The summed E-state index contributed by atoms with van der Waals surface area (Å²) in [4.78, 5) is 0. The van der Waals surface area contributed by atoms with Gasteiger partial charge in [-0.1, -0.05) is 243 Å². The van der Waals surface area contributed by atoms with E-state index in [4.69, 9.17) is 0 Å². The lowest BCUT2D eigenvalue weighted by Gasteiger charge is -2.19. The Bertz CT molecular complexity index is 3630. The minimum absolute atomic E-state index is 1.21. The summed E-state index contributed by atoms with van der Waals surface area (Å²) in [6.07, 6.45) is 0. The molecule has 0 atom stereocenters. The van der Waals surface area contributed by atoms with Crippen molar-refractivity contribution in [2.24, 2.45) is 0 Å². The highest BCUT2D eigenvalue weighted by atomic mass is 14.2. The van der Waals surface area contributed by atoms with Gasteiger partial charge in [-0.2, -0.15) is 0 Å². The lowest BCUT2D eigenvalue weighted by atomic mass is 9.84. The van der Waals surface area contributed by atoms with E-state index in [-0.39, 0.29) is 0 Å². The largest absolute Gasteiger partial charge is 0.0616 e. The number of hydrogen-bond donors (Lipinski definition) is 0. The first kappa shape index (κ1) is 37.9. The summed E-state index contributed by atoms with van der Waals surface area (Å²) in [5.41, 5.74) is 14.8. The van der Waals surface area contributed by atoms with E-state index in [0.29, 0.717) is 0 Å². The van der Waals surface area contributed by atoms with Gasteiger partial charge in [-0.25, -0.2) is 0 Å². The zero-order valence-electron chi connectivity index (χ0n) is 36.2. The second-order valence-electron chi connectivity index (χ2n) is 17.5. The van der Waals surface area contributed by atoms with Gasteiger partial charge in [0.1, 0.15) is 0 Å². The minimum Gasteiger partial charge on any atom is -0.0616 e. The highest BCUT2D eigenvalue weighted by molar-refractivity contribution is 6.23. The molecule has 0 heterocycles. The van der Waals surface area contributed by atoms with E-state index in [9.17, 15) is 0 Å². The first-order chi connectivity index (χ1) is 32.7. The molecule has 0 radical (unpaired) electrons. The molecule has 0 aliphatic heterocycles. The highest BCUT2D eigenvalue weighted by Crippen LogP contribution is 2.47. The lowest BCUT2D eigenvalue weighted by molar-refractivity contribution is 1.62. The van der Waals surface area contributed by atoms with E-state index >= 15 is 0 Å². The first-order valence-corrected chi connectivity index (χ1v) is 22.9. The second-order valence-corrected chi connectivity index (χ2v) is 17.5. The molecular weight excluding hydrogens is 793 g/mol. The molecule has 13 rings (SSSR count). The molecular formula is C66H42. The molecule has 0 unspecified atom stereocenters. The van der Waals surface area contributed by atoms with Crippen molar-refractivity contribution in [3.8, 4) is 66.8 Å². The van der Waals surface area contributed by atoms with E-state index < -0.39 is 0 Å². The highest BCUT2D eigenvalue weighted by Gasteiger charge is 2.19. The van der Waals surface area contributed by atoms with Crippen LogP contribution in [0.25, 0.3) is 131 Å². The normalized spacial score (nSPS) is 11.6. The van der Waals surface area contributed by atoms with Gasteiger partial charge in [0.15, 0.2) is 0 Å². The molecule has 0 saturated heterocycles. The summed E-state index contributed by atoms with van der Waals surface area (Å²) in [7, 11) is 0. The van der Waals surface area contributed by atoms with Gasteiger partial charge >= 0.3 is 0 Å². The van der Waals surface area contributed by atoms with Gasteiger partial charge in [0, 0.05) is 0 Å². The van der Waals surface area contributed by atoms with Crippen LogP contribution in [-0.4, -0.2) is 0 Å².